The first-order chi connectivity index (χ1) is 34.1. The summed E-state index contributed by atoms with van der Waals surface area (Å²) in [5.74, 6) is 1.86. The van der Waals surface area contributed by atoms with E-state index in [0.717, 1.165) is 50.1 Å². The third kappa shape index (κ3) is 7.56. The molecule has 12 aromatic rings. The van der Waals surface area contributed by atoms with Crippen LogP contribution in [-0.2, 0) is 0 Å². The summed E-state index contributed by atoms with van der Waals surface area (Å²) in [6, 6.07) is 94.4. The second kappa shape index (κ2) is 17.8. The van der Waals surface area contributed by atoms with Gasteiger partial charge in [0.05, 0.1) is 16.7 Å². The van der Waals surface area contributed by atoms with Gasteiger partial charge in [0.25, 0.3) is 0 Å². The van der Waals surface area contributed by atoms with Gasteiger partial charge in [-0.2, -0.15) is 0 Å². The van der Waals surface area contributed by atoms with Crippen LogP contribution in [0.25, 0.3) is 83.9 Å². The Morgan fingerprint density at radius 1 is 0.304 bits per heavy atom. The molecule has 0 bridgehead atoms. The Bertz CT molecular complexity index is 3610. The monoisotopic (exact) mass is 898 g/mol. The van der Waals surface area contributed by atoms with Crippen molar-refractivity contribution in [3.63, 3.8) is 0 Å². The fraction of sp³-hybridized carbons (Fsp3) is 0.0156. The molecule has 69 heavy (non-hydrogen) atoms. The van der Waals surface area contributed by atoms with Crippen molar-refractivity contribution in [3.05, 3.63) is 266 Å². The largest absolute Gasteiger partial charge is 0.309 e. The molecular formula is C64H46N4Si. The highest BCUT2D eigenvalue weighted by Gasteiger charge is 2.41. The van der Waals surface area contributed by atoms with E-state index < -0.39 is 8.07 Å². The summed E-state index contributed by atoms with van der Waals surface area (Å²) < 4.78 is 2.46. The number of hydrogen-bond acceptors (Lipinski definition) is 3. The van der Waals surface area contributed by atoms with Crippen LogP contribution in [0.4, 0.5) is 0 Å². The van der Waals surface area contributed by atoms with Crippen molar-refractivity contribution in [3.8, 4) is 62.1 Å². The lowest BCUT2D eigenvalue weighted by Gasteiger charge is -2.34. The number of aromatic nitrogens is 4. The molecule has 0 radical (unpaired) electrons. The molecule has 0 amide bonds. The molecule has 0 aliphatic carbocycles. The van der Waals surface area contributed by atoms with Gasteiger partial charge in [0.1, 0.15) is 0 Å². The molecule has 0 fully saturated rings. The van der Waals surface area contributed by atoms with Crippen LogP contribution in [0.1, 0.15) is 5.56 Å². The zero-order valence-corrected chi connectivity index (χ0v) is 39.1. The normalized spacial score (nSPS) is 11.6. The highest BCUT2D eigenvalue weighted by atomic mass is 28.3. The number of benzene rings is 10. The van der Waals surface area contributed by atoms with Crippen molar-refractivity contribution in [1.82, 2.24) is 19.5 Å². The number of rotatable bonds is 10. The Hall–Kier alpha value is -8.77. The van der Waals surface area contributed by atoms with Crippen molar-refractivity contribution >= 4 is 50.6 Å². The van der Waals surface area contributed by atoms with Gasteiger partial charge in [-0.3, -0.25) is 0 Å². The first-order valence-electron chi connectivity index (χ1n) is 23.5. The summed E-state index contributed by atoms with van der Waals surface area (Å²) in [6.45, 7) is 2.14. The maximum absolute atomic E-state index is 5.23. The van der Waals surface area contributed by atoms with Crippen LogP contribution in [-0.4, -0.2) is 27.6 Å². The zero-order valence-electron chi connectivity index (χ0n) is 38.1. The number of fused-ring (bicyclic) bond motifs is 3. The predicted octanol–water partition coefficient (Wildman–Crippen LogP) is 13.0. The van der Waals surface area contributed by atoms with E-state index >= 15 is 0 Å². The Balaban J connectivity index is 1.15. The van der Waals surface area contributed by atoms with Gasteiger partial charge in [-0.05, 0) is 62.6 Å². The first kappa shape index (κ1) is 41.6. The molecule has 5 heteroatoms. The van der Waals surface area contributed by atoms with Crippen molar-refractivity contribution in [2.45, 2.75) is 6.92 Å². The van der Waals surface area contributed by atoms with Gasteiger partial charge in [-0.15, -0.1) is 0 Å². The van der Waals surface area contributed by atoms with Crippen LogP contribution in [0.15, 0.2) is 261 Å². The highest BCUT2D eigenvalue weighted by molar-refractivity contribution is 7.19. The van der Waals surface area contributed by atoms with Gasteiger partial charge in [0.2, 0.25) is 0 Å². The Kier molecular flexibility index (Phi) is 10.7. The summed E-state index contributed by atoms with van der Waals surface area (Å²) >= 11 is 0. The van der Waals surface area contributed by atoms with E-state index in [-0.39, 0.29) is 0 Å². The lowest BCUT2D eigenvalue weighted by molar-refractivity contribution is 1.07. The molecule has 0 saturated heterocycles. The van der Waals surface area contributed by atoms with E-state index in [4.69, 9.17) is 15.0 Å². The molecule has 0 aliphatic rings. The van der Waals surface area contributed by atoms with Crippen molar-refractivity contribution < 1.29 is 0 Å². The maximum Gasteiger partial charge on any atom is 0.179 e. The van der Waals surface area contributed by atoms with Crippen LogP contribution in [0.3, 0.4) is 0 Å². The van der Waals surface area contributed by atoms with Crippen LogP contribution in [0, 0.1) is 6.92 Å². The van der Waals surface area contributed by atoms with E-state index in [1.165, 1.54) is 42.6 Å². The quantitative estimate of drug-likeness (QED) is 0.101. The summed E-state index contributed by atoms with van der Waals surface area (Å²) in [7, 11) is -2.86. The number of aryl methyl sites for hydroxylation is 1. The average molecular weight is 899 g/mol. The zero-order chi connectivity index (χ0) is 46.2. The minimum Gasteiger partial charge on any atom is -0.309 e. The van der Waals surface area contributed by atoms with Gasteiger partial charge < -0.3 is 4.57 Å². The van der Waals surface area contributed by atoms with E-state index in [1.54, 1.807) is 0 Å². The molecule has 0 N–H and O–H groups in total. The second-order valence-corrected chi connectivity index (χ2v) is 21.5. The van der Waals surface area contributed by atoms with Gasteiger partial charge in [-0.1, -0.05) is 248 Å². The molecule has 2 aromatic heterocycles. The van der Waals surface area contributed by atoms with Crippen LogP contribution in [0.2, 0.25) is 0 Å². The Morgan fingerprint density at radius 2 is 0.754 bits per heavy atom. The molecule has 12 rings (SSSR count). The average Bonchev–Trinajstić information content (AvgIpc) is 3.76. The Labute approximate surface area is 403 Å². The minimum absolute atomic E-state index is 0.606. The molecular weight excluding hydrogens is 853 g/mol. The highest BCUT2D eigenvalue weighted by Crippen LogP contribution is 2.40. The second-order valence-electron chi connectivity index (χ2n) is 17.6. The SMILES string of the molecule is Cc1ccc(-c2ccc3c4ccccc4n(-c4cc(-c5nc(-c6ccccc6)nc(-c6ccccc6)n5)ccc4-c4cccc([Si](c5ccccc5)(c5ccccc5)c5ccccc5)c4)c3c2)cc1. The lowest BCUT2D eigenvalue weighted by Crippen LogP contribution is -2.74. The van der Waals surface area contributed by atoms with Crippen molar-refractivity contribution in [2.75, 3.05) is 0 Å². The van der Waals surface area contributed by atoms with Crippen LogP contribution >= 0.6 is 0 Å². The van der Waals surface area contributed by atoms with E-state index in [0.29, 0.717) is 17.5 Å². The Morgan fingerprint density at radius 3 is 1.33 bits per heavy atom. The topological polar surface area (TPSA) is 43.6 Å². The van der Waals surface area contributed by atoms with Crippen LogP contribution < -0.4 is 20.7 Å². The van der Waals surface area contributed by atoms with Gasteiger partial charge in [0.15, 0.2) is 25.5 Å². The number of para-hydroxylation sites is 1. The lowest BCUT2D eigenvalue weighted by atomic mass is 10.00. The molecule has 0 saturated carbocycles. The summed E-state index contributed by atoms with van der Waals surface area (Å²) in [5, 5.41) is 7.68. The maximum atomic E-state index is 5.23. The third-order valence-electron chi connectivity index (χ3n) is 13.5. The minimum atomic E-state index is -2.86. The third-order valence-corrected chi connectivity index (χ3v) is 18.3. The summed E-state index contributed by atoms with van der Waals surface area (Å²) in [4.78, 5) is 15.5. The molecule has 4 nitrogen and oxygen atoms in total. The van der Waals surface area contributed by atoms with Crippen molar-refractivity contribution in [1.29, 1.82) is 0 Å². The first-order valence-corrected chi connectivity index (χ1v) is 25.5. The molecule has 0 aliphatic heterocycles. The number of nitrogens with zero attached hydrogens (tertiary/aromatic N) is 4. The van der Waals surface area contributed by atoms with Crippen molar-refractivity contribution in [2.24, 2.45) is 0 Å². The van der Waals surface area contributed by atoms with Crippen LogP contribution in [0.5, 0.6) is 0 Å². The van der Waals surface area contributed by atoms with Gasteiger partial charge in [0, 0.05) is 33.0 Å². The van der Waals surface area contributed by atoms with E-state index in [9.17, 15) is 0 Å². The number of hydrogen-bond donors (Lipinski definition) is 0. The van der Waals surface area contributed by atoms with E-state index in [1.807, 2.05) is 36.4 Å². The summed E-state index contributed by atoms with van der Waals surface area (Å²) in [5.41, 5.74) is 11.8. The molecule has 0 spiro atoms. The van der Waals surface area contributed by atoms with Gasteiger partial charge >= 0.3 is 0 Å². The standard InChI is InChI=1S/C64H46N4Si/c1-45-34-36-46(37-35-45)49-38-41-58-57-32-17-18-33-59(57)68(61(58)43-49)60-44-51(64-66-62(47-20-7-2-8-21-47)65-63(67-64)48-22-9-3-10-23-48)39-40-56(60)50-24-19-31-55(42-50)69(52-25-11-4-12-26-52,53-27-13-5-14-28-53)54-29-15-6-16-30-54/h2-44H,1H3. The predicted molar refractivity (Wildman–Crippen MR) is 290 cm³/mol. The fourth-order valence-corrected chi connectivity index (χ4v) is 15.0. The summed E-state index contributed by atoms with van der Waals surface area (Å²) in [6.07, 6.45) is 0. The smallest absolute Gasteiger partial charge is 0.179 e. The molecule has 326 valence electrons. The fourth-order valence-electron chi connectivity index (χ4n) is 10.2. The molecule has 0 unspecified atom stereocenters. The van der Waals surface area contributed by atoms with Gasteiger partial charge in [-0.25, -0.2) is 15.0 Å². The molecule has 2 heterocycles. The molecule has 0 atom stereocenters. The van der Waals surface area contributed by atoms with E-state index in [2.05, 4.69) is 236 Å². The molecule has 10 aromatic carbocycles.